The number of fused-ring (bicyclic) bond motifs is 1. The fourth-order valence-electron chi connectivity index (χ4n) is 3.25. The number of anilines is 1. The van der Waals surface area contributed by atoms with Crippen LogP contribution in [0.2, 0.25) is 0 Å². The predicted octanol–water partition coefficient (Wildman–Crippen LogP) is -0.383. The molecule has 10 nitrogen and oxygen atoms in total. The van der Waals surface area contributed by atoms with E-state index in [4.69, 9.17) is 9.57 Å². The Labute approximate surface area is 165 Å². The largest absolute Gasteiger partial charge is 0.394 e. The van der Waals surface area contributed by atoms with Crippen LogP contribution in [0.25, 0.3) is 11.2 Å². The normalized spacial score (nSPS) is 26.3. The van der Waals surface area contributed by atoms with E-state index in [1.807, 2.05) is 18.2 Å². The molecule has 4 N–H and O–H groups in total. The molecule has 3 heterocycles. The van der Waals surface area contributed by atoms with Gasteiger partial charge in [-0.25, -0.2) is 20.4 Å². The number of rotatable bonds is 4. The van der Waals surface area contributed by atoms with Crippen LogP contribution in [-0.2, 0) is 15.3 Å². The summed E-state index contributed by atoms with van der Waals surface area (Å²) in [6.45, 7) is -0.495. The molecule has 150 valence electrons. The maximum atomic E-state index is 10.9. The molecule has 0 saturated carbocycles. The van der Waals surface area contributed by atoms with Crippen LogP contribution in [0.3, 0.4) is 0 Å². The number of benzene rings is 1. The van der Waals surface area contributed by atoms with Crippen molar-refractivity contribution < 1.29 is 24.9 Å². The average molecular weight is 397 g/mol. The number of nitrogens with zero attached hydrogens (tertiary/aromatic N) is 4. The summed E-state index contributed by atoms with van der Waals surface area (Å²) in [5.74, 6) is 6.19. The van der Waals surface area contributed by atoms with Crippen LogP contribution < -0.4 is 5.48 Å². The monoisotopic (exact) mass is 397 g/mol. The molecule has 1 saturated heterocycles. The van der Waals surface area contributed by atoms with E-state index in [0.29, 0.717) is 22.5 Å². The molecular formula is C19H19N5O5. The minimum Gasteiger partial charge on any atom is -0.394 e. The van der Waals surface area contributed by atoms with Gasteiger partial charge in [-0.15, -0.1) is 0 Å². The Morgan fingerprint density at radius 2 is 2.03 bits per heavy atom. The Kier molecular flexibility index (Phi) is 5.14. The van der Waals surface area contributed by atoms with Gasteiger partial charge in [-0.3, -0.25) is 9.40 Å². The van der Waals surface area contributed by atoms with Crippen molar-refractivity contribution in [3.8, 4) is 11.8 Å². The highest BCUT2D eigenvalue weighted by Gasteiger charge is 2.55. The molecule has 0 unspecified atom stereocenters. The van der Waals surface area contributed by atoms with E-state index in [2.05, 4.69) is 32.3 Å². The molecule has 1 aliphatic rings. The molecular weight excluding hydrogens is 378 g/mol. The van der Waals surface area contributed by atoms with Crippen LogP contribution in [0.1, 0.15) is 5.56 Å². The van der Waals surface area contributed by atoms with Crippen molar-refractivity contribution in [1.29, 1.82) is 0 Å². The molecule has 29 heavy (non-hydrogen) atoms. The topological polar surface area (TPSA) is 135 Å². The summed E-state index contributed by atoms with van der Waals surface area (Å²) < 4.78 is 7.31. The van der Waals surface area contributed by atoms with Crippen molar-refractivity contribution in [3.05, 3.63) is 48.5 Å². The molecule has 4 atom stereocenters. The molecule has 1 aliphatic heterocycles. The number of hydrogen-bond acceptors (Lipinski definition) is 9. The van der Waals surface area contributed by atoms with Gasteiger partial charge in [-0.1, -0.05) is 24.1 Å². The Balaban J connectivity index is 1.90. The Morgan fingerprint density at radius 1 is 1.24 bits per heavy atom. The van der Waals surface area contributed by atoms with Gasteiger partial charge < -0.3 is 20.1 Å². The summed E-state index contributed by atoms with van der Waals surface area (Å²) in [5.41, 5.74) is 2.22. The standard InChI is InChI=1S/C19H19N5O5/c1-28-23-17-14-18(21-10-20-17)24(11-22-14)19(8-7-12-5-3-2-4-6-12)16(27)15(26)13(9-25)29-19/h2-6,10-11,13,15-16,25-27H,9H2,1H3,(H,20,21,23)/t13-,15-,16-,19-/m1/s1. The van der Waals surface area contributed by atoms with Crippen LogP contribution in [0, 0.1) is 11.8 Å². The van der Waals surface area contributed by atoms with E-state index < -0.39 is 30.6 Å². The van der Waals surface area contributed by atoms with Gasteiger partial charge in [0.1, 0.15) is 31.0 Å². The van der Waals surface area contributed by atoms with E-state index in [0.717, 1.165) is 0 Å². The number of aliphatic hydroxyl groups excluding tert-OH is 3. The van der Waals surface area contributed by atoms with Gasteiger partial charge in [0.2, 0.25) is 5.72 Å². The molecule has 0 aliphatic carbocycles. The molecule has 1 aromatic carbocycles. The molecule has 1 fully saturated rings. The Morgan fingerprint density at radius 3 is 2.72 bits per heavy atom. The number of hydrogen-bond donors (Lipinski definition) is 4. The van der Waals surface area contributed by atoms with Gasteiger partial charge in [0, 0.05) is 5.56 Å². The predicted molar refractivity (Wildman–Crippen MR) is 101 cm³/mol. The van der Waals surface area contributed by atoms with Crippen LogP contribution in [-0.4, -0.2) is 66.9 Å². The third-order valence-corrected chi connectivity index (χ3v) is 4.67. The molecule has 0 radical (unpaired) electrons. The van der Waals surface area contributed by atoms with Crippen molar-refractivity contribution >= 4 is 17.0 Å². The highest BCUT2D eigenvalue weighted by molar-refractivity contribution is 5.82. The molecule has 0 amide bonds. The van der Waals surface area contributed by atoms with Gasteiger partial charge in [0.15, 0.2) is 17.0 Å². The third-order valence-electron chi connectivity index (χ3n) is 4.67. The van der Waals surface area contributed by atoms with Crippen LogP contribution in [0.5, 0.6) is 0 Å². The first-order valence-electron chi connectivity index (χ1n) is 8.81. The van der Waals surface area contributed by atoms with Crippen LogP contribution in [0.15, 0.2) is 43.0 Å². The molecule has 4 rings (SSSR count). The van der Waals surface area contributed by atoms with E-state index in [1.54, 1.807) is 12.1 Å². The minimum absolute atomic E-state index is 0.298. The first-order valence-corrected chi connectivity index (χ1v) is 8.81. The SMILES string of the molecule is CONc1ncnc2c1ncn2[C@]1(C#Cc2ccccc2)O[C@H](CO)[C@@H](O)[C@H]1O. The molecule has 10 heteroatoms. The summed E-state index contributed by atoms with van der Waals surface area (Å²) in [6.07, 6.45) is -1.19. The second kappa shape index (κ2) is 7.75. The first-order chi connectivity index (χ1) is 14.1. The fraction of sp³-hybridized carbons (Fsp3) is 0.316. The van der Waals surface area contributed by atoms with Crippen molar-refractivity contribution in [3.63, 3.8) is 0 Å². The van der Waals surface area contributed by atoms with Crippen LogP contribution >= 0.6 is 0 Å². The summed E-state index contributed by atoms with van der Waals surface area (Å²) in [7, 11) is 1.43. The number of aromatic nitrogens is 4. The zero-order valence-corrected chi connectivity index (χ0v) is 15.4. The first kappa shape index (κ1) is 19.3. The fourth-order valence-corrected chi connectivity index (χ4v) is 3.25. The Bertz CT molecular complexity index is 1060. The molecule has 2 aromatic heterocycles. The lowest BCUT2D eigenvalue weighted by atomic mass is 10.0. The number of aliphatic hydroxyl groups is 3. The lowest BCUT2D eigenvalue weighted by molar-refractivity contribution is -0.103. The smallest absolute Gasteiger partial charge is 0.241 e. The highest BCUT2D eigenvalue weighted by atomic mass is 16.6. The minimum atomic E-state index is -1.73. The number of ether oxygens (including phenoxy) is 1. The molecule has 0 bridgehead atoms. The zero-order valence-electron chi connectivity index (χ0n) is 15.4. The Hall–Kier alpha value is -3.07. The molecule has 3 aromatic rings. The average Bonchev–Trinajstić information content (AvgIpc) is 3.29. The molecule has 0 spiro atoms. The van der Waals surface area contributed by atoms with Gasteiger partial charge in [0.05, 0.1) is 13.7 Å². The van der Waals surface area contributed by atoms with Crippen LogP contribution in [0.4, 0.5) is 5.82 Å². The van der Waals surface area contributed by atoms with E-state index >= 15 is 0 Å². The van der Waals surface area contributed by atoms with E-state index in [9.17, 15) is 15.3 Å². The van der Waals surface area contributed by atoms with E-state index in [-0.39, 0.29) is 0 Å². The summed E-state index contributed by atoms with van der Waals surface area (Å²) in [4.78, 5) is 17.5. The summed E-state index contributed by atoms with van der Waals surface area (Å²) in [5, 5.41) is 30.8. The zero-order chi connectivity index (χ0) is 20.4. The van der Waals surface area contributed by atoms with Gasteiger partial charge in [-0.2, -0.15) is 0 Å². The van der Waals surface area contributed by atoms with Gasteiger partial charge in [0.25, 0.3) is 0 Å². The van der Waals surface area contributed by atoms with Crippen molar-refractivity contribution in [2.45, 2.75) is 24.0 Å². The summed E-state index contributed by atoms with van der Waals surface area (Å²) >= 11 is 0. The van der Waals surface area contributed by atoms with Gasteiger partial charge in [-0.05, 0) is 18.1 Å². The van der Waals surface area contributed by atoms with Crippen molar-refractivity contribution in [1.82, 2.24) is 19.5 Å². The maximum Gasteiger partial charge on any atom is 0.241 e. The van der Waals surface area contributed by atoms with Gasteiger partial charge >= 0.3 is 0 Å². The quantitative estimate of drug-likeness (QED) is 0.343. The summed E-state index contributed by atoms with van der Waals surface area (Å²) in [6, 6.07) is 9.12. The lowest BCUT2D eigenvalue weighted by Crippen LogP contribution is -2.44. The van der Waals surface area contributed by atoms with Crippen molar-refractivity contribution in [2.24, 2.45) is 0 Å². The number of imidazole rings is 1. The maximum absolute atomic E-state index is 10.9. The lowest BCUT2D eigenvalue weighted by Gasteiger charge is -2.28. The second-order valence-electron chi connectivity index (χ2n) is 6.40. The van der Waals surface area contributed by atoms with Crippen molar-refractivity contribution in [2.75, 3.05) is 19.2 Å². The third kappa shape index (κ3) is 3.21. The second-order valence-corrected chi connectivity index (χ2v) is 6.40. The van der Waals surface area contributed by atoms with E-state index in [1.165, 1.54) is 24.3 Å². The number of nitrogens with one attached hydrogen (secondary N) is 1. The highest BCUT2D eigenvalue weighted by Crippen LogP contribution is 2.37.